The zero-order chi connectivity index (χ0) is 25.6. The van der Waals surface area contributed by atoms with Gasteiger partial charge in [0.25, 0.3) is 0 Å². The van der Waals surface area contributed by atoms with E-state index in [0.717, 1.165) is 30.9 Å². The lowest BCUT2D eigenvalue weighted by atomic mass is 9.45. The van der Waals surface area contributed by atoms with Crippen molar-refractivity contribution >= 4 is 11.8 Å². The summed E-state index contributed by atoms with van der Waals surface area (Å²) in [6.45, 7) is 5.33. The van der Waals surface area contributed by atoms with E-state index in [4.69, 9.17) is 0 Å². The number of carbonyl (C=O) groups is 2. The molecule has 3 saturated carbocycles. The number of benzene rings is 1. The molecule has 7 heteroatoms. The van der Waals surface area contributed by atoms with E-state index in [2.05, 4.69) is 13.8 Å². The normalized spacial score (nSPS) is 43.4. The molecular weight excluding hydrogens is 464 g/mol. The van der Waals surface area contributed by atoms with Gasteiger partial charge in [-0.3, -0.25) is 14.5 Å². The first-order chi connectivity index (χ1) is 17.0. The highest BCUT2D eigenvalue weighted by atomic mass is 19.1. The number of aliphatic hydroxyl groups excluding tert-OH is 1. The van der Waals surface area contributed by atoms with Crippen molar-refractivity contribution in [1.82, 2.24) is 4.90 Å². The summed E-state index contributed by atoms with van der Waals surface area (Å²) >= 11 is 0. The largest absolute Gasteiger partial charge is 0.481 e. The number of hydrogen-bond acceptors (Lipinski definition) is 4. The second kappa shape index (κ2) is 7.81. The van der Waals surface area contributed by atoms with Gasteiger partial charge in [-0.15, -0.1) is 0 Å². The molecule has 192 valence electrons. The molecule has 5 nitrogen and oxygen atoms in total. The van der Waals surface area contributed by atoms with Crippen LogP contribution >= 0.6 is 0 Å². The Bertz CT molecular complexity index is 1190. The number of halogens is 2. The van der Waals surface area contributed by atoms with Gasteiger partial charge in [-0.2, -0.15) is 0 Å². The maximum absolute atomic E-state index is 13.8. The fourth-order valence-electron chi connectivity index (χ4n) is 9.43. The van der Waals surface area contributed by atoms with Crippen molar-refractivity contribution in [3.63, 3.8) is 0 Å². The first kappa shape index (κ1) is 24.0. The Hall–Kier alpha value is -2.38. The highest BCUT2D eigenvalue weighted by Crippen LogP contribution is 2.72. The van der Waals surface area contributed by atoms with Crippen molar-refractivity contribution in [2.75, 3.05) is 13.1 Å². The molecule has 1 aromatic carbocycles. The predicted octanol–water partition coefficient (Wildman–Crippen LogP) is 4.36. The van der Waals surface area contributed by atoms with Gasteiger partial charge in [0.1, 0.15) is 11.6 Å². The van der Waals surface area contributed by atoms with Crippen LogP contribution in [0.15, 0.2) is 42.0 Å². The van der Waals surface area contributed by atoms with Gasteiger partial charge in [0, 0.05) is 37.0 Å². The maximum Gasteiger partial charge on any atom is 0.311 e. The fourth-order valence-corrected chi connectivity index (χ4v) is 9.43. The molecule has 2 N–H and O–H groups in total. The Morgan fingerprint density at radius 1 is 1.19 bits per heavy atom. The van der Waals surface area contributed by atoms with Crippen LogP contribution in [0.4, 0.5) is 8.78 Å². The SMILES string of the molecule is CC12C=CC(=O)C=C1CCC1C2C(O)CC2(C)C1CC1CN(Cc3cc(F)cc(F)c3)CC12C(=O)O. The average Bonchev–Trinajstić information content (AvgIpc) is 3.25. The number of rotatable bonds is 3. The predicted molar refractivity (Wildman–Crippen MR) is 129 cm³/mol. The summed E-state index contributed by atoms with van der Waals surface area (Å²) in [5.41, 5.74) is -0.433. The van der Waals surface area contributed by atoms with Gasteiger partial charge < -0.3 is 10.2 Å². The third-order valence-electron chi connectivity index (χ3n) is 10.8. The number of carboxylic acid groups (broad SMARTS) is 1. The van der Waals surface area contributed by atoms with Gasteiger partial charge in [-0.1, -0.05) is 25.5 Å². The Labute approximate surface area is 209 Å². The number of nitrogens with zero attached hydrogens (tertiary/aromatic N) is 1. The molecule has 0 bridgehead atoms. The fraction of sp³-hybridized carbons (Fsp3) is 0.586. The smallest absolute Gasteiger partial charge is 0.311 e. The lowest BCUT2D eigenvalue weighted by molar-refractivity contribution is -0.173. The maximum atomic E-state index is 13.8. The molecule has 1 saturated heterocycles. The summed E-state index contributed by atoms with van der Waals surface area (Å²) < 4.78 is 27.6. The molecule has 1 heterocycles. The number of aliphatic carboxylic acids is 1. The minimum absolute atomic E-state index is 0.00504. The first-order valence-corrected chi connectivity index (χ1v) is 13.0. The topological polar surface area (TPSA) is 77.8 Å². The van der Waals surface area contributed by atoms with Gasteiger partial charge >= 0.3 is 5.97 Å². The molecule has 1 aromatic rings. The van der Waals surface area contributed by atoms with Crippen LogP contribution in [-0.2, 0) is 16.1 Å². The summed E-state index contributed by atoms with van der Waals surface area (Å²) in [6, 6.07) is 3.45. The standard InChI is InChI=1S/C29H33F2NO4/c1-27-6-5-21(33)9-17(27)3-4-22-23-10-18-14-32(13-16-7-19(30)11-20(31)8-16)15-29(18,26(35)36)28(23,2)12-24(34)25(22)27/h5-9,11,18,22-25,34H,3-4,10,12-15H2,1-2H3,(H,35,36). The highest BCUT2D eigenvalue weighted by molar-refractivity contribution is 6.01. The highest BCUT2D eigenvalue weighted by Gasteiger charge is 2.74. The van der Waals surface area contributed by atoms with Gasteiger partial charge in [-0.05, 0) is 78.7 Å². The van der Waals surface area contributed by atoms with Crippen LogP contribution in [0.1, 0.15) is 45.1 Å². The average molecular weight is 498 g/mol. The van der Waals surface area contributed by atoms with E-state index in [0.29, 0.717) is 31.6 Å². The van der Waals surface area contributed by atoms with Crippen molar-refractivity contribution in [2.24, 2.45) is 39.9 Å². The number of allylic oxidation sites excluding steroid dienone is 4. The molecule has 6 rings (SSSR count). The Morgan fingerprint density at radius 3 is 2.61 bits per heavy atom. The summed E-state index contributed by atoms with van der Waals surface area (Å²) in [5.74, 6) is -1.92. The molecular formula is C29H33F2NO4. The zero-order valence-electron chi connectivity index (χ0n) is 20.7. The summed E-state index contributed by atoms with van der Waals surface area (Å²) in [5, 5.41) is 22.3. The van der Waals surface area contributed by atoms with Crippen molar-refractivity contribution in [3.05, 3.63) is 59.2 Å². The van der Waals surface area contributed by atoms with E-state index in [1.54, 1.807) is 12.2 Å². The lowest BCUT2D eigenvalue weighted by Crippen LogP contribution is -2.60. The van der Waals surface area contributed by atoms with Crippen LogP contribution in [0, 0.1) is 51.6 Å². The number of fused-ring (bicyclic) bond motifs is 7. The van der Waals surface area contributed by atoms with E-state index in [1.165, 1.54) is 12.1 Å². The number of carboxylic acids is 1. The van der Waals surface area contributed by atoms with Crippen molar-refractivity contribution in [2.45, 2.75) is 52.2 Å². The molecule has 36 heavy (non-hydrogen) atoms. The third-order valence-corrected chi connectivity index (χ3v) is 10.8. The van der Waals surface area contributed by atoms with E-state index in [9.17, 15) is 28.6 Å². The molecule has 0 radical (unpaired) electrons. The number of likely N-dealkylation sites (tertiary alicyclic amines) is 1. The van der Waals surface area contributed by atoms with E-state index in [1.807, 2.05) is 11.0 Å². The molecule has 0 spiro atoms. The molecule has 0 amide bonds. The number of carbonyl (C=O) groups excluding carboxylic acids is 1. The third kappa shape index (κ3) is 3.11. The van der Waals surface area contributed by atoms with E-state index >= 15 is 0 Å². The number of aliphatic hydroxyl groups is 1. The van der Waals surface area contributed by atoms with Crippen LogP contribution < -0.4 is 0 Å². The number of hydrogen-bond donors (Lipinski definition) is 2. The van der Waals surface area contributed by atoms with Crippen LogP contribution in [0.5, 0.6) is 0 Å². The molecule has 5 aliphatic rings. The molecule has 8 unspecified atom stereocenters. The van der Waals surface area contributed by atoms with Crippen molar-refractivity contribution in [3.8, 4) is 0 Å². The first-order valence-electron chi connectivity index (χ1n) is 13.0. The Balaban J connectivity index is 1.33. The van der Waals surface area contributed by atoms with E-state index in [-0.39, 0.29) is 34.9 Å². The van der Waals surface area contributed by atoms with Gasteiger partial charge in [0.15, 0.2) is 5.78 Å². The van der Waals surface area contributed by atoms with Gasteiger partial charge in [0.05, 0.1) is 11.5 Å². The van der Waals surface area contributed by atoms with Crippen LogP contribution in [-0.4, -0.2) is 46.1 Å². The molecule has 4 fully saturated rings. The molecule has 1 aliphatic heterocycles. The Morgan fingerprint density at radius 2 is 1.92 bits per heavy atom. The van der Waals surface area contributed by atoms with Gasteiger partial charge in [0.2, 0.25) is 0 Å². The minimum Gasteiger partial charge on any atom is -0.481 e. The van der Waals surface area contributed by atoms with Crippen molar-refractivity contribution in [1.29, 1.82) is 0 Å². The summed E-state index contributed by atoms with van der Waals surface area (Å²) in [4.78, 5) is 27.1. The lowest BCUT2D eigenvalue weighted by Gasteiger charge is -2.60. The summed E-state index contributed by atoms with van der Waals surface area (Å²) in [7, 11) is 0. The monoisotopic (exact) mass is 497 g/mol. The molecule has 4 aliphatic carbocycles. The van der Waals surface area contributed by atoms with Crippen molar-refractivity contribution < 1.29 is 28.6 Å². The Kier molecular flexibility index (Phi) is 5.20. The molecule has 0 aromatic heterocycles. The van der Waals surface area contributed by atoms with Crippen LogP contribution in [0.2, 0.25) is 0 Å². The van der Waals surface area contributed by atoms with Gasteiger partial charge in [-0.25, -0.2) is 8.78 Å². The van der Waals surface area contributed by atoms with E-state index < -0.39 is 34.5 Å². The van der Waals surface area contributed by atoms with Crippen LogP contribution in [0.25, 0.3) is 0 Å². The second-order valence-corrected chi connectivity index (χ2v) is 12.4. The second-order valence-electron chi connectivity index (χ2n) is 12.4. The zero-order valence-corrected chi connectivity index (χ0v) is 20.7. The minimum atomic E-state index is -1.02. The quantitative estimate of drug-likeness (QED) is 0.649. The number of ketones is 1. The molecule has 8 atom stereocenters. The summed E-state index contributed by atoms with van der Waals surface area (Å²) in [6.07, 6.45) is 7.43. The van der Waals surface area contributed by atoms with Crippen LogP contribution in [0.3, 0.4) is 0 Å².